The van der Waals surface area contributed by atoms with Gasteiger partial charge in [0.25, 0.3) is 0 Å². The Morgan fingerprint density at radius 3 is 2.52 bits per heavy atom. The predicted octanol–water partition coefficient (Wildman–Crippen LogP) is 4.00. The van der Waals surface area contributed by atoms with Crippen molar-refractivity contribution in [1.29, 1.82) is 0 Å². The first-order chi connectivity index (χ1) is 9.99. The molecule has 2 rings (SSSR count). The van der Waals surface area contributed by atoms with E-state index >= 15 is 0 Å². The summed E-state index contributed by atoms with van der Waals surface area (Å²) in [6.45, 7) is 2.12. The molecule has 1 unspecified atom stereocenters. The van der Waals surface area contributed by atoms with Crippen LogP contribution in [0.2, 0.25) is 5.02 Å². The molecule has 0 radical (unpaired) electrons. The number of rotatable bonds is 5. The van der Waals surface area contributed by atoms with Crippen LogP contribution in [0.25, 0.3) is 0 Å². The number of aliphatic hydroxyl groups excluding tert-OH is 1. The molecule has 21 heavy (non-hydrogen) atoms. The molecule has 0 amide bonds. The van der Waals surface area contributed by atoms with Gasteiger partial charge in [-0.1, -0.05) is 35.9 Å². The van der Waals surface area contributed by atoms with Gasteiger partial charge in [-0.25, -0.2) is 8.78 Å². The van der Waals surface area contributed by atoms with E-state index in [4.69, 9.17) is 11.6 Å². The highest BCUT2D eigenvalue weighted by Crippen LogP contribution is 2.23. The lowest BCUT2D eigenvalue weighted by Gasteiger charge is -2.18. The maximum atomic E-state index is 13.1. The van der Waals surface area contributed by atoms with Crippen molar-refractivity contribution in [2.45, 2.75) is 19.1 Å². The molecule has 112 valence electrons. The van der Waals surface area contributed by atoms with Gasteiger partial charge in [-0.15, -0.1) is 0 Å². The summed E-state index contributed by atoms with van der Waals surface area (Å²) in [7, 11) is 0. The van der Waals surface area contributed by atoms with Gasteiger partial charge in [0.2, 0.25) is 0 Å². The van der Waals surface area contributed by atoms with E-state index in [0.29, 0.717) is 10.6 Å². The Balaban J connectivity index is 1.99. The summed E-state index contributed by atoms with van der Waals surface area (Å²) in [6.07, 6.45) is -0.926. The van der Waals surface area contributed by atoms with Gasteiger partial charge in [0, 0.05) is 17.6 Å². The summed E-state index contributed by atoms with van der Waals surface area (Å²) in [5, 5.41) is 13.8. The van der Waals surface area contributed by atoms with Gasteiger partial charge in [0.1, 0.15) is 0 Å². The van der Waals surface area contributed by atoms with Gasteiger partial charge >= 0.3 is 0 Å². The minimum Gasteiger partial charge on any atom is -0.387 e. The van der Waals surface area contributed by atoms with E-state index in [1.54, 1.807) is 6.07 Å². The van der Waals surface area contributed by atoms with Crippen molar-refractivity contribution >= 4 is 11.6 Å². The average molecular weight is 312 g/mol. The number of hydrogen-bond donors (Lipinski definition) is 2. The molecule has 0 aromatic heterocycles. The lowest BCUT2D eigenvalue weighted by molar-refractivity contribution is 0.170. The van der Waals surface area contributed by atoms with Gasteiger partial charge in [-0.3, -0.25) is 0 Å². The molecule has 5 heteroatoms. The van der Waals surface area contributed by atoms with Crippen LogP contribution in [0, 0.1) is 11.6 Å². The van der Waals surface area contributed by atoms with Crippen LogP contribution in [0.3, 0.4) is 0 Å². The van der Waals surface area contributed by atoms with Crippen LogP contribution in [0.1, 0.15) is 30.2 Å². The first kappa shape index (κ1) is 15.9. The van der Waals surface area contributed by atoms with E-state index in [1.807, 2.05) is 25.1 Å². The molecule has 2 aromatic carbocycles. The zero-order chi connectivity index (χ0) is 15.4. The largest absolute Gasteiger partial charge is 0.387 e. The zero-order valence-corrected chi connectivity index (χ0v) is 12.2. The SMILES string of the molecule is C[C@@H](NCC(O)c1ccc(F)c(F)c1)c1ccccc1Cl. The first-order valence-electron chi connectivity index (χ1n) is 6.60. The van der Waals surface area contributed by atoms with Gasteiger partial charge in [-0.2, -0.15) is 0 Å². The Labute approximate surface area is 127 Å². The summed E-state index contributed by atoms with van der Waals surface area (Å²) >= 11 is 6.10. The Kier molecular flexibility index (Phi) is 5.28. The van der Waals surface area contributed by atoms with Crippen molar-refractivity contribution in [2.75, 3.05) is 6.54 Å². The molecule has 0 heterocycles. The van der Waals surface area contributed by atoms with E-state index in [1.165, 1.54) is 6.07 Å². The average Bonchev–Trinajstić information content (AvgIpc) is 2.47. The smallest absolute Gasteiger partial charge is 0.159 e. The third-order valence-corrected chi connectivity index (χ3v) is 3.66. The van der Waals surface area contributed by atoms with Gasteiger partial charge in [0.15, 0.2) is 11.6 Å². The highest BCUT2D eigenvalue weighted by atomic mass is 35.5. The van der Waals surface area contributed by atoms with Crippen LogP contribution in [0.4, 0.5) is 8.78 Å². The number of benzene rings is 2. The summed E-state index contributed by atoms with van der Waals surface area (Å²) in [4.78, 5) is 0. The normalized spacial score (nSPS) is 14.0. The molecule has 0 aliphatic heterocycles. The van der Waals surface area contributed by atoms with Crippen molar-refractivity contribution in [2.24, 2.45) is 0 Å². The molecule has 0 aliphatic rings. The van der Waals surface area contributed by atoms with Crippen LogP contribution in [-0.4, -0.2) is 11.7 Å². The fourth-order valence-corrected chi connectivity index (χ4v) is 2.36. The minimum absolute atomic E-state index is 0.0707. The first-order valence-corrected chi connectivity index (χ1v) is 6.97. The van der Waals surface area contributed by atoms with Gasteiger partial charge < -0.3 is 10.4 Å². The monoisotopic (exact) mass is 311 g/mol. The van der Waals surface area contributed by atoms with Gasteiger partial charge in [-0.05, 0) is 36.2 Å². The molecule has 0 bridgehead atoms. The Hall–Kier alpha value is -1.49. The van der Waals surface area contributed by atoms with Gasteiger partial charge in [0.05, 0.1) is 6.10 Å². The number of nitrogens with one attached hydrogen (secondary N) is 1. The second-order valence-corrected chi connectivity index (χ2v) is 5.25. The van der Waals surface area contributed by atoms with E-state index < -0.39 is 17.7 Å². The summed E-state index contributed by atoms with van der Waals surface area (Å²) in [5.41, 5.74) is 1.24. The second kappa shape index (κ2) is 6.98. The fraction of sp³-hybridized carbons (Fsp3) is 0.250. The van der Waals surface area contributed by atoms with Crippen molar-refractivity contribution < 1.29 is 13.9 Å². The predicted molar refractivity (Wildman–Crippen MR) is 79.2 cm³/mol. The molecule has 0 saturated heterocycles. The van der Waals surface area contributed by atoms with Crippen molar-refractivity contribution in [3.05, 3.63) is 70.2 Å². The number of aliphatic hydroxyl groups is 1. The van der Waals surface area contributed by atoms with Crippen LogP contribution < -0.4 is 5.32 Å². The Morgan fingerprint density at radius 1 is 1.14 bits per heavy atom. The van der Waals surface area contributed by atoms with Crippen molar-refractivity contribution in [1.82, 2.24) is 5.32 Å². The van der Waals surface area contributed by atoms with Crippen molar-refractivity contribution in [3.63, 3.8) is 0 Å². The van der Waals surface area contributed by atoms with E-state index in [-0.39, 0.29) is 12.6 Å². The third kappa shape index (κ3) is 4.00. The molecule has 2 nitrogen and oxygen atoms in total. The number of halogens is 3. The standard InChI is InChI=1S/C16H16ClF2NO/c1-10(12-4-2-3-5-13(12)17)20-9-16(21)11-6-7-14(18)15(19)8-11/h2-8,10,16,20-21H,9H2,1H3/t10-,16?/m1/s1. The molecule has 0 saturated carbocycles. The van der Waals surface area contributed by atoms with E-state index in [2.05, 4.69) is 5.32 Å². The minimum atomic E-state index is -0.967. The Morgan fingerprint density at radius 2 is 1.86 bits per heavy atom. The number of hydrogen-bond acceptors (Lipinski definition) is 2. The second-order valence-electron chi connectivity index (χ2n) is 4.84. The Bertz CT molecular complexity index is 621. The third-order valence-electron chi connectivity index (χ3n) is 3.32. The van der Waals surface area contributed by atoms with Crippen LogP contribution in [0.15, 0.2) is 42.5 Å². The molecule has 2 atom stereocenters. The van der Waals surface area contributed by atoms with Crippen LogP contribution >= 0.6 is 11.6 Å². The molecule has 0 aliphatic carbocycles. The lowest BCUT2D eigenvalue weighted by Crippen LogP contribution is -2.25. The van der Waals surface area contributed by atoms with E-state index in [9.17, 15) is 13.9 Å². The molecular formula is C16H16ClF2NO. The summed E-state index contributed by atoms with van der Waals surface area (Å²) in [6, 6.07) is 10.7. The fourth-order valence-electron chi connectivity index (χ4n) is 2.06. The topological polar surface area (TPSA) is 32.3 Å². The highest BCUT2D eigenvalue weighted by Gasteiger charge is 2.14. The molecule has 0 fully saturated rings. The maximum Gasteiger partial charge on any atom is 0.159 e. The quantitative estimate of drug-likeness (QED) is 0.874. The zero-order valence-electron chi connectivity index (χ0n) is 11.5. The van der Waals surface area contributed by atoms with Crippen LogP contribution in [0.5, 0.6) is 0 Å². The lowest BCUT2D eigenvalue weighted by atomic mass is 10.1. The van der Waals surface area contributed by atoms with Crippen LogP contribution in [-0.2, 0) is 0 Å². The molecular weight excluding hydrogens is 296 g/mol. The van der Waals surface area contributed by atoms with E-state index in [0.717, 1.165) is 17.7 Å². The summed E-state index contributed by atoms with van der Waals surface area (Å²) < 4.78 is 26.0. The van der Waals surface area contributed by atoms with Crippen molar-refractivity contribution in [3.8, 4) is 0 Å². The highest BCUT2D eigenvalue weighted by molar-refractivity contribution is 6.31. The maximum absolute atomic E-state index is 13.1. The summed E-state index contributed by atoms with van der Waals surface area (Å²) in [5.74, 6) is -1.89. The molecule has 2 N–H and O–H groups in total. The molecule has 2 aromatic rings. The molecule has 0 spiro atoms.